The molecule has 3 rings (SSSR count). The lowest BCUT2D eigenvalue weighted by Crippen LogP contribution is -2.02. The minimum absolute atomic E-state index is 0.327. The van der Waals surface area contributed by atoms with E-state index in [0.29, 0.717) is 23.3 Å². The zero-order chi connectivity index (χ0) is 21.1. The number of hydrogen-bond acceptors (Lipinski definition) is 3. The predicted molar refractivity (Wildman–Crippen MR) is 121 cm³/mol. The van der Waals surface area contributed by atoms with Gasteiger partial charge in [0.25, 0.3) is 0 Å². The first kappa shape index (κ1) is 22.9. The molecule has 0 radical (unpaired) electrons. The first-order chi connectivity index (χ1) is 14.0. The van der Waals surface area contributed by atoms with Gasteiger partial charge in [0.15, 0.2) is 0 Å². The van der Waals surface area contributed by atoms with E-state index in [1.54, 1.807) is 12.4 Å². The number of aromatic nitrogens is 1. The molecule has 0 fully saturated rings. The van der Waals surface area contributed by atoms with Gasteiger partial charge in [-0.2, -0.15) is 0 Å². The van der Waals surface area contributed by atoms with Crippen LogP contribution in [0.5, 0.6) is 0 Å². The molecule has 1 heterocycles. The molecule has 0 aliphatic rings. The molecule has 3 nitrogen and oxygen atoms in total. The van der Waals surface area contributed by atoms with Gasteiger partial charge in [-0.05, 0) is 22.8 Å². The Morgan fingerprint density at radius 2 is 1.52 bits per heavy atom. The molecule has 1 N–H and O–H groups in total. The van der Waals surface area contributed by atoms with Crippen molar-refractivity contribution in [2.75, 3.05) is 13.2 Å². The van der Waals surface area contributed by atoms with Crippen LogP contribution in [-0.2, 0) is 4.74 Å². The van der Waals surface area contributed by atoms with Crippen LogP contribution in [-0.4, -0.2) is 23.3 Å². The highest BCUT2D eigenvalue weighted by atomic mass is 35.5. The number of benzene rings is 2. The summed E-state index contributed by atoms with van der Waals surface area (Å²) in [4.78, 5) is 4.07. The van der Waals surface area contributed by atoms with E-state index in [0.717, 1.165) is 22.3 Å². The molecule has 29 heavy (non-hydrogen) atoms. The van der Waals surface area contributed by atoms with Gasteiger partial charge in [-0.25, -0.2) is 0 Å². The Morgan fingerprint density at radius 1 is 0.897 bits per heavy atom. The Balaban J connectivity index is 0.000000284. The van der Waals surface area contributed by atoms with Gasteiger partial charge < -0.3 is 9.84 Å². The van der Waals surface area contributed by atoms with Crippen LogP contribution in [0.3, 0.4) is 0 Å². The molecular weight excluding hydrogens is 405 g/mol. The van der Waals surface area contributed by atoms with Crippen LogP contribution >= 0.6 is 23.2 Å². The van der Waals surface area contributed by atoms with Gasteiger partial charge in [-0.15, -0.1) is 0 Å². The van der Waals surface area contributed by atoms with Crippen molar-refractivity contribution < 1.29 is 9.84 Å². The largest absolute Gasteiger partial charge is 0.384 e. The van der Waals surface area contributed by atoms with Gasteiger partial charge >= 0.3 is 0 Å². The fourth-order valence-corrected chi connectivity index (χ4v) is 2.76. The minimum atomic E-state index is -0.667. The summed E-state index contributed by atoms with van der Waals surface area (Å²) in [6.07, 6.45) is 2.74. The van der Waals surface area contributed by atoms with Crippen molar-refractivity contribution in [2.24, 2.45) is 0 Å². The van der Waals surface area contributed by atoms with Crippen LogP contribution in [0.1, 0.15) is 17.2 Å². The van der Waals surface area contributed by atoms with Crippen LogP contribution < -0.4 is 0 Å². The minimum Gasteiger partial charge on any atom is -0.384 e. The molecule has 0 aliphatic heterocycles. The molecule has 0 saturated carbocycles. The maximum absolute atomic E-state index is 10.6. The highest BCUT2D eigenvalue weighted by molar-refractivity contribution is 6.29. The SMILES string of the molecule is C=C(Cl)COCC(=C)Cl.OC(c1cccnc1)c1ccccc1-c1ccccc1. The summed E-state index contributed by atoms with van der Waals surface area (Å²) in [6.45, 7) is 7.49. The van der Waals surface area contributed by atoms with E-state index in [1.807, 2.05) is 54.6 Å². The maximum atomic E-state index is 10.6. The van der Waals surface area contributed by atoms with E-state index in [4.69, 9.17) is 27.9 Å². The molecule has 0 amide bonds. The third-order valence-corrected chi connectivity index (χ3v) is 4.08. The number of aliphatic hydroxyl groups is 1. The Hall–Kier alpha value is -2.43. The molecular formula is C24H23Cl2NO2. The zero-order valence-corrected chi connectivity index (χ0v) is 17.5. The van der Waals surface area contributed by atoms with Gasteiger partial charge in [-0.3, -0.25) is 4.98 Å². The van der Waals surface area contributed by atoms with E-state index in [9.17, 15) is 5.11 Å². The Bertz CT molecular complexity index is 900. The lowest BCUT2D eigenvalue weighted by Gasteiger charge is -2.15. The molecule has 1 unspecified atom stereocenters. The molecule has 5 heteroatoms. The summed E-state index contributed by atoms with van der Waals surface area (Å²) >= 11 is 10.7. The van der Waals surface area contributed by atoms with Gasteiger partial charge in [-0.1, -0.05) is 97.0 Å². The van der Waals surface area contributed by atoms with Gasteiger partial charge in [0.05, 0.1) is 13.2 Å². The fraction of sp³-hybridized carbons (Fsp3) is 0.125. The van der Waals surface area contributed by atoms with Crippen LogP contribution in [0.2, 0.25) is 0 Å². The smallest absolute Gasteiger partial charge is 0.106 e. The zero-order valence-electron chi connectivity index (χ0n) is 16.0. The summed E-state index contributed by atoms with van der Waals surface area (Å²) in [7, 11) is 0. The van der Waals surface area contributed by atoms with E-state index >= 15 is 0 Å². The number of rotatable bonds is 7. The van der Waals surface area contributed by atoms with Crippen molar-refractivity contribution in [1.29, 1.82) is 0 Å². The number of nitrogens with zero attached hydrogens (tertiary/aromatic N) is 1. The van der Waals surface area contributed by atoms with E-state index in [2.05, 4.69) is 30.3 Å². The quantitative estimate of drug-likeness (QED) is 0.478. The molecule has 0 spiro atoms. The molecule has 2 aromatic carbocycles. The number of pyridine rings is 1. The van der Waals surface area contributed by atoms with Gasteiger partial charge in [0.2, 0.25) is 0 Å². The highest BCUT2D eigenvalue weighted by Gasteiger charge is 2.15. The Labute approximate surface area is 181 Å². The molecule has 0 bridgehead atoms. The standard InChI is InChI=1S/C18H15NO.C6H8Cl2O/c20-18(15-9-6-12-19-13-15)17-11-5-4-10-16(17)14-7-2-1-3-8-14;1-5(7)3-9-4-6(2)8/h1-13,18,20H;1-4H2. The molecule has 150 valence electrons. The topological polar surface area (TPSA) is 42.4 Å². The van der Waals surface area contributed by atoms with E-state index in [-0.39, 0.29) is 0 Å². The second-order valence-electron chi connectivity index (χ2n) is 6.17. The average molecular weight is 428 g/mol. The average Bonchev–Trinajstić information content (AvgIpc) is 2.74. The van der Waals surface area contributed by atoms with Crippen LogP contribution in [0.15, 0.2) is 102 Å². The van der Waals surface area contributed by atoms with Crippen molar-refractivity contribution in [3.8, 4) is 11.1 Å². The first-order valence-corrected chi connectivity index (χ1v) is 9.71. The van der Waals surface area contributed by atoms with Crippen LogP contribution in [0.4, 0.5) is 0 Å². The molecule has 1 atom stereocenters. The van der Waals surface area contributed by atoms with Crippen molar-refractivity contribution >= 4 is 23.2 Å². The van der Waals surface area contributed by atoms with Crippen molar-refractivity contribution in [2.45, 2.75) is 6.10 Å². The van der Waals surface area contributed by atoms with Crippen molar-refractivity contribution in [3.05, 3.63) is 113 Å². The Kier molecular flexibility index (Phi) is 9.62. The second-order valence-corrected chi connectivity index (χ2v) is 7.24. The third kappa shape index (κ3) is 7.84. The summed E-state index contributed by atoms with van der Waals surface area (Å²) in [5.41, 5.74) is 3.85. The lowest BCUT2D eigenvalue weighted by molar-refractivity contribution is 0.189. The monoisotopic (exact) mass is 427 g/mol. The predicted octanol–water partition coefficient (Wildman–Crippen LogP) is 6.34. The van der Waals surface area contributed by atoms with Crippen molar-refractivity contribution in [1.82, 2.24) is 4.98 Å². The Morgan fingerprint density at radius 3 is 2.10 bits per heavy atom. The number of hydrogen-bond donors (Lipinski definition) is 1. The summed E-state index contributed by atoms with van der Waals surface area (Å²) in [5.74, 6) is 0. The highest BCUT2D eigenvalue weighted by Crippen LogP contribution is 2.31. The van der Waals surface area contributed by atoms with Crippen molar-refractivity contribution in [3.63, 3.8) is 0 Å². The summed E-state index contributed by atoms with van der Waals surface area (Å²) in [5, 5.41) is 11.5. The molecule has 0 aliphatic carbocycles. The number of aliphatic hydroxyl groups excluding tert-OH is 1. The van der Waals surface area contributed by atoms with Gasteiger partial charge in [0, 0.05) is 28.0 Å². The van der Waals surface area contributed by atoms with E-state index in [1.165, 1.54) is 0 Å². The first-order valence-electron chi connectivity index (χ1n) is 8.95. The fourth-order valence-electron chi connectivity index (χ4n) is 2.61. The maximum Gasteiger partial charge on any atom is 0.106 e. The lowest BCUT2D eigenvalue weighted by atomic mass is 9.93. The number of ether oxygens (including phenoxy) is 1. The van der Waals surface area contributed by atoms with E-state index < -0.39 is 6.10 Å². The normalized spacial score (nSPS) is 11.1. The van der Waals surface area contributed by atoms with Crippen LogP contribution in [0, 0.1) is 0 Å². The summed E-state index contributed by atoms with van der Waals surface area (Å²) in [6, 6.07) is 21.7. The molecule has 1 aromatic heterocycles. The number of halogens is 2. The molecule has 3 aromatic rings. The summed E-state index contributed by atoms with van der Waals surface area (Å²) < 4.78 is 4.89. The third-order valence-electron chi connectivity index (χ3n) is 3.86. The van der Waals surface area contributed by atoms with Crippen LogP contribution in [0.25, 0.3) is 11.1 Å². The molecule has 0 saturated heterocycles. The second kappa shape index (κ2) is 12.2. The van der Waals surface area contributed by atoms with Gasteiger partial charge in [0.1, 0.15) is 6.10 Å².